The predicted molar refractivity (Wildman–Crippen MR) is 110 cm³/mol. The maximum Gasteiger partial charge on any atom is 0.349 e. The van der Waals surface area contributed by atoms with Crippen LogP contribution in [-0.4, -0.2) is 28.1 Å². The first kappa shape index (κ1) is 21.7. The van der Waals surface area contributed by atoms with Crippen LogP contribution in [0.25, 0.3) is 0 Å². The van der Waals surface area contributed by atoms with E-state index in [1.54, 1.807) is 78.9 Å². The van der Waals surface area contributed by atoms with E-state index in [0.717, 1.165) is 0 Å². The fourth-order valence-corrected chi connectivity index (χ4v) is 3.01. The summed E-state index contributed by atoms with van der Waals surface area (Å²) in [5, 5.41) is 19.2. The molecule has 3 aromatic carbocycles. The van der Waals surface area contributed by atoms with Crippen LogP contribution in [0.2, 0.25) is 0 Å². The second-order valence-corrected chi connectivity index (χ2v) is 6.62. The van der Waals surface area contributed by atoms with Crippen LogP contribution in [0.3, 0.4) is 0 Å². The van der Waals surface area contributed by atoms with Gasteiger partial charge in [0, 0.05) is 5.56 Å². The molecule has 0 aliphatic heterocycles. The average Bonchev–Trinajstić information content (AvgIpc) is 2.79. The van der Waals surface area contributed by atoms with Gasteiger partial charge in [0.15, 0.2) is 12.2 Å². The van der Waals surface area contributed by atoms with E-state index in [1.165, 1.54) is 12.1 Å². The van der Waals surface area contributed by atoms with Crippen molar-refractivity contribution in [2.45, 2.75) is 18.3 Å². The van der Waals surface area contributed by atoms with Gasteiger partial charge >= 0.3 is 17.9 Å². The number of hydrogen-bond donors (Lipinski definition) is 2. The molecule has 0 spiro atoms. The number of ether oxygens (including phenoxy) is 2. The van der Waals surface area contributed by atoms with Crippen molar-refractivity contribution in [3.8, 4) is 0 Å². The monoisotopic (exact) mass is 420 g/mol. The molecule has 0 aromatic heterocycles. The Balaban J connectivity index is 1.92. The zero-order valence-corrected chi connectivity index (χ0v) is 16.3. The number of carboxylic acids is 2. The van der Waals surface area contributed by atoms with E-state index in [9.17, 15) is 24.6 Å². The molecular weight excluding hydrogens is 400 g/mol. The van der Waals surface area contributed by atoms with Crippen molar-refractivity contribution < 1.29 is 34.1 Å². The van der Waals surface area contributed by atoms with Gasteiger partial charge in [-0.3, -0.25) is 0 Å². The van der Waals surface area contributed by atoms with E-state index in [2.05, 4.69) is 0 Å². The number of carbonyl (C=O) groups excluding carboxylic acids is 1. The quantitative estimate of drug-likeness (QED) is 0.505. The first-order valence-corrected chi connectivity index (χ1v) is 9.43. The van der Waals surface area contributed by atoms with Crippen molar-refractivity contribution in [3.05, 3.63) is 108 Å². The molecule has 0 amide bonds. The number of carboxylic acid groups (broad SMARTS) is 2. The Kier molecular flexibility index (Phi) is 7.13. The first-order chi connectivity index (χ1) is 15.0. The standard InChI is InChI=1S/C24H20O7/c25-22(26)19(16-10-4-1-5-11-16)30-21(18-14-8-3-9-15-18)24(29)31-20(23(27)28)17-12-6-2-7-13-17/h1-15,19-21H,(H,25,26)(H,27,28). The molecule has 0 saturated heterocycles. The van der Waals surface area contributed by atoms with Gasteiger partial charge in [-0.25, -0.2) is 14.4 Å². The Morgan fingerprint density at radius 3 is 1.29 bits per heavy atom. The zero-order chi connectivity index (χ0) is 22.2. The van der Waals surface area contributed by atoms with Gasteiger partial charge in [0.2, 0.25) is 6.10 Å². The molecule has 0 heterocycles. The number of esters is 1. The third kappa shape index (κ3) is 5.55. The molecule has 7 heteroatoms. The van der Waals surface area contributed by atoms with Crippen LogP contribution in [-0.2, 0) is 23.9 Å². The Hall–Kier alpha value is -3.97. The average molecular weight is 420 g/mol. The molecule has 158 valence electrons. The lowest BCUT2D eigenvalue weighted by Gasteiger charge is -2.23. The molecule has 0 bridgehead atoms. The molecular formula is C24H20O7. The summed E-state index contributed by atoms with van der Waals surface area (Å²) in [6.45, 7) is 0. The van der Waals surface area contributed by atoms with Crippen LogP contribution in [0.15, 0.2) is 91.0 Å². The van der Waals surface area contributed by atoms with Crippen molar-refractivity contribution in [2.24, 2.45) is 0 Å². The molecule has 3 unspecified atom stereocenters. The second kappa shape index (κ2) is 10.2. The number of rotatable bonds is 9. The van der Waals surface area contributed by atoms with Crippen LogP contribution in [0.5, 0.6) is 0 Å². The van der Waals surface area contributed by atoms with Crippen LogP contribution in [0.1, 0.15) is 35.0 Å². The molecule has 3 atom stereocenters. The van der Waals surface area contributed by atoms with Crippen LogP contribution in [0, 0.1) is 0 Å². The lowest BCUT2D eigenvalue weighted by molar-refractivity contribution is -0.180. The molecule has 0 fully saturated rings. The maximum atomic E-state index is 13.0. The summed E-state index contributed by atoms with van der Waals surface area (Å²) >= 11 is 0. The highest BCUT2D eigenvalue weighted by atomic mass is 16.6. The first-order valence-electron chi connectivity index (χ1n) is 9.43. The molecule has 2 N–H and O–H groups in total. The molecule has 3 rings (SSSR count). The zero-order valence-electron chi connectivity index (χ0n) is 16.3. The third-order valence-electron chi connectivity index (χ3n) is 4.48. The normalized spacial score (nSPS) is 13.5. The lowest BCUT2D eigenvalue weighted by atomic mass is 10.1. The Bertz CT molecular complexity index is 1020. The van der Waals surface area contributed by atoms with Gasteiger partial charge < -0.3 is 19.7 Å². The highest BCUT2D eigenvalue weighted by Crippen LogP contribution is 2.30. The predicted octanol–water partition coefficient (Wildman–Crippen LogP) is 3.94. The molecule has 0 aliphatic carbocycles. The molecule has 0 saturated carbocycles. The van der Waals surface area contributed by atoms with Gasteiger partial charge in [-0.15, -0.1) is 0 Å². The molecule has 31 heavy (non-hydrogen) atoms. The summed E-state index contributed by atoms with van der Waals surface area (Å²) < 4.78 is 11.0. The van der Waals surface area contributed by atoms with Crippen molar-refractivity contribution in [2.75, 3.05) is 0 Å². The summed E-state index contributed by atoms with van der Waals surface area (Å²) in [7, 11) is 0. The SMILES string of the molecule is O=C(O)C(OC(=O)C(OC(C(=O)O)c1ccccc1)c1ccccc1)c1ccccc1. The van der Waals surface area contributed by atoms with Crippen molar-refractivity contribution in [1.29, 1.82) is 0 Å². The smallest absolute Gasteiger partial charge is 0.349 e. The van der Waals surface area contributed by atoms with Gasteiger partial charge in [0.05, 0.1) is 0 Å². The van der Waals surface area contributed by atoms with E-state index in [4.69, 9.17) is 9.47 Å². The second-order valence-electron chi connectivity index (χ2n) is 6.62. The minimum absolute atomic E-state index is 0.271. The Morgan fingerprint density at radius 1 is 0.548 bits per heavy atom. The minimum atomic E-state index is -1.57. The largest absolute Gasteiger partial charge is 0.479 e. The summed E-state index contributed by atoms with van der Waals surface area (Å²) in [5.41, 5.74) is 0.946. The maximum absolute atomic E-state index is 13.0. The molecule has 0 aliphatic rings. The number of aliphatic carboxylic acids is 2. The Morgan fingerprint density at radius 2 is 0.903 bits per heavy atom. The topological polar surface area (TPSA) is 110 Å². The van der Waals surface area contributed by atoms with Gasteiger partial charge in [-0.1, -0.05) is 91.0 Å². The van der Waals surface area contributed by atoms with E-state index in [-0.39, 0.29) is 5.56 Å². The molecule has 7 nitrogen and oxygen atoms in total. The minimum Gasteiger partial charge on any atom is -0.479 e. The number of carbonyl (C=O) groups is 3. The van der Waals surface area contributed by atoms with E-state index in [1.807, 2.05) is 0 Å². The highest BCUT2D eigenvalue weighted by molar-refractivity contribution is 5.83. The van der Waals surface area contributed by atoms with Gasteiger partial charge in [-0.2, -0.15) is 0 Å². The van der Waals surface area contributed by atoms with Crippen LogP contribution in [0.4, 0.5) is 0 Å². The summed E-state index contributed by atoms with van der Waals surface area (Å²) in [6.07, 6.45) is -4.48. The van der Waals surface area contributed by atoms with Crippen molar-refractivity contribution in [3.63, 3.8) is 0 Å². The summed E-state index contributed by atoms with van der Waals surface area (Å²) in [5.74, 6) is -3.66. The van der Waals surface area contributed by atoms with Gasteiger partial charge in [0.1, 0.15) is 0 Å². The van der Waals surface area contributed by atoms with E-state index in [0.29, 0.717) is 11.1 Å². The van der Waals surface area contributed by atoms with Crippen molar-refractivity contribution in [1.82, 2.24) is 0 Å². The summed E-state index contributed by atoms with van der Waals surface area (Å²) in [6, 6.07) is 24.4. The highest BCUT2D eigenvalue weighted by Gasteiger charge is 2.34. The third-order valence-corrected chi connectivity index (χ3v) is 4.48. The van der Waals surface area contributed by atoms with E-state index >= 15 is 0 Å². The fourth-order valence-electron chi connectivity index (χ4n) is 3.01. The molecule has 3 aromatic rings. The Labute approximate surface area is 178 Å². The van der Waals surface area contributed by atoms with Gasteiger partial charge in [0.25, 0.3) is 0 Å². The van der Waals surface area contributed by atoms with E-state index < -0.39 is 36.2 Å². The number of benzene rings is 3. The lowest BCUT2D eigenvalue weighted by Crippen LogP contribution is -2.28. The molecule has 0 radical (unpaired) electrons. The van der Waals surface area contributed by atoms with Gasteiger partial charge in [-0.05, 0) is 11.1 Å². The number of hydrogen-bond acceptors (Lipinski definition) is 5. The van der Waals surface area contributed by atoms with Crippen LogP contribution >= 0.6 is 0 Å². The van der Waals surface area contributed by atoms with Crippen LogP contribution < -0.4 is 0 Å². The van der Waals surface area contributed by atoms with Crippen molar-refractivity contribution >= 4 is 17.9 Å². The summed E-state index contributed by atoms with van der Waals surface area (Å²) in [4.78, 5) is 36.6. The fraction of sp³-hybridized carbons (Fsp3) is 0.125.